The van der Waals surface area contributed by atoms with Gasteiger partial charge in [-0.15, -0.1) is 0 Å². The number of nitrogens with zero attached hydrogens (tertiary/aromatic N) is 1. The Hall–Kier alpha value is -2.39. The molecule has 0 spiro atoms. The molecule has 124 valence electrons. The van der Waals surface area contributed by atoms with E-state index in [0.29, 0.717) is 34.9 Å². The van der Waals surface area contributed by atoms with Gasteiger partial charge in [0.2, 0.25) is 0 Å². The van der Waals surface area contributed by atoms with Crippen LogP contribution in [0.1, 0.15) is 0 Å². The summed E-state index contributed by atoms with van der Waals surface area (Å²) in [5.41, 5.74) is 0.529. The Morgan fingerprint density at radius 1 is 1.08 bits per heavy atom. The van der Waals surface area contributed by atoms with Crippen LogP contribution < -0.4 is 14.2 Å². The lowest BCUT2D eigenvalue weighted by Crippen LogP contribution is -2.17. The van der Waals surface area contributed by atoms with Crippen molar-refractivity contribution in [1.82, 2.24) is 4.98 Å². The fourth-order valence-electron chi connectivity index (χ4n) is 2.31. The Labute approximate surface area is 140 Å². The second-order valence-electron chi connectivity index (χ2n) is 5.04. The maximum absolute atomic E-state index is 13.2. The number of sulfonamides is 1. The topological polar surface area (TPSA) is 77.5 Å². The molecule has 1 aliphatic rings. The second kappa shape index (κ2) is 5.60. The largest absolute Gasteiger partial charge is 0.486 e. The van der Waals surface area contributed by atoms with Crippen LogP contribution in [0.15, 0.2) is 41.3 Å². The van der Waals surface area contributed by atoms with Gasteiger partial charge in [-0.1, -0.05) is 11.3 Å². The normalized spacial score (nSPS) is 13.9. The van der Waals surface area contributed by atoms with Crippen LogP contribution >= 0.6 is 11.3 Å². The minimum absolute atomic E-state index is 0.0391. The van der Waals surface area contributed by atoms with Gasteiger partial charge in [-0.2, -0.15) is 0 Å². The molecule has 1 aromatic heterocycles. The number of anilines is 1. The fraction of sp³-hybridized carbons (Fsp3) is 0.133. The Bertz CT molecular complexity index is 1030. The summed E-state index contributed by atoms with van der Waals surface area (Å²) in [5.74, 6) is 0.499. The number of thiazole rings is 1. The van der Waals surface area contributed by atoms with Crippen LogP contribution in [0.5, 0.6) is 11.5 Å². The summed E-state index contributed by atoms with van der Waals surface area (Å²) in [6.07, 6.45) is 0. The Morgan fingerprint density at radius 2 is 1.88 bits per heavy atom. The van der Waals surface area contributed by atoms with Crippen LogP contribution in [0.2, 0.25) is 0 Å². The summed E-state index contributed by atoms with van der Waals surface area (Å²) in [4.78, 5) is 4.20. The van der Waals surface area contributed by atoms with E-state index in [-0.39, 0.29) is 10.0 Å². The van der Waals surface area contributed by atoms with Crippen molar-refractivity contribution >= 4 is 36.7 Å². The van der Waals surface area contributed by atoms with E-state index in [1.165, 1.54) is 30.3 Å². The standard InChI is InChI=1S/C15H11FN2O4S2/c16-9-1-3-11-14(7-9)23-15(17-11)18-24(19,20)10-2-4-12-13(8-10)22-6-5-21-12/h1-4,7-8H,5-6H2,(H,17,18). The number of fused-ring (bicyclic) bond motifs is 2. The maximum atomic E-state index is 13.2. The lowest BCUT2D eigenvalue weighted by atomic mass is 10.3. The van der Waals surface area contributed by atoms with Crippen molar-refractivity contribution in [3.63, 3.8) is 0 Å². The molecule has 1 aliphatic heterocycles. The van der Waals surface area contributed by atoms with Crippen molar-refractivity contribution in [3.8, 4) is 11.5 Å². The van der Waals surface area contributed by atoms with Gasteiger partial charge in [0.25, 0.3) is 10.0 Å². The molecule has 0 atom stereocenters. The van der Waals surface area contributed by atoms with E-state index in [0.717, 1.165) is 11.3 Å². The molecule has 0 bridgehead atoms. The average Bonchev–Trinajstić information content (AvgIpc) is 2.94. The molecule has 2 heterocycles. The number of halogens is 1. The van der Waals surface area contributed by atoms with Crippen molar-refractivity contribution < 1.29 is 22.3 Å². The van der Waals surface area contributed by atoms with Gasteiger partial charge in [0, 0.05) is 6.07 Å². The maximum Gasteiger partial charge on any atom is 0.263 e. The van der Waals surface area contributed by atoms with Gasteiger partial charge in [0.15, 0.2) is 16.6 Å². The van der Waals surface area contributed by atoms with Gasteiger partial charge in [-0.05, 0) is 30.3 Å². The van der Waals surface area contributed by atoms with Crippen LogP contribution in [0.25, 0.3) is 10.2 Å². The van der Waals surface area contributed by atoms with E-state index in [1.54, 1.807) is 6.07 Å². The fourth-order valence-corrected chi connectivity index (χ4v) is 4.45. The Kier molecular flexibility index (Phi) is 3.54. The van der Waals surface area contributed by atoms with Gasteiger partial charge in [-0.3, -0.25) is 4.72 Å². The van der Waals surface area contributed by atoms with E-state index in [2.05, 4.69) is 9.71 Å². The molecule has 6 nitrogen and oxygen atoms in total. The number of rotatable bonds is 3. The molecule has 24 heavy (non-hydrogen) atoms. The van der Waals surface area contributed by atoms with Crippen molar-refractivity contribution in [2.45, 2.75) is 4.90 Å². The highest BCUT2D eigenvalue weighted by atomic mass is 32.2. The van der Waals surface area contributed by atoms with E-state index in [9.17, 15) is 12.8 Å². The molecule has 3 aromatic rings. The van der Waals surface area contributed by atoms with E-state index >= 15 is 0 Å². The van der Waals surface area contributed by atoms with Crippen LogP contribution in [0, 0.1) is 5.82 Å². The molecule has 0 fully saturated rings. The highest BCUT2D eigenvalue weighted by Gasteiger charge is 2.20. The lowest BCUT2D eigenvalue weighted by Gasteiger charge is -2.18. The van der Waals surface area contributed by atoms with Crippen LogP contribution in [0.3, 0.4) is 0 Å². The SMILES string of the molecule is O=S(=O)(Nc1nc2ccc(F)cc2s1)c1ccc2c(c1)OCCO2. The van der Waals surface area contributed by atoms with Gasteiger partial charge in [0.05, 0.1) is 15.1 Å². The molecule has 0 amide bonds. The zero-order chi connectivity index (χ0) is 16.7. The summed E-state index contributed by atoms with van der Waals surface area (Å²) >= 11 is 1.06. The predicted molar refractivity (Wildman–Crippen MR) is 87.8 cm³/mol. The van der Waals surface area contributed by atoms with Crippen molar-refractivity contribution in [2.24, 2.45) is 0 Å². The molecule has 0 radical (unpaired) electrons. The zero-order valence-corrected chi connectivity index (χ0v) is 13.8. The minimum atomic E-state index is -3.84. The number of benzene rings is 2. The monoisotopic (exact) mass is 366 g/mol. The van der Waals surface area contributed by atoms with E-state index in [1.807, 2.05) is 0 Å². The van der Waals surface area contributed by atoms with Crippen LogP contribution in [-0.2, 0) is 10.0 Å². The third-order valence-corrected chi connectivity index (χ3v) is 5.80. The smallest absolute Gasteiger partial charge is 0.263 e. The lowest BCUT2D eigenvalue weighted by molar-refractivity contribution is 0.171. The number of hydrogen-bond acceptors (Lipinski definition) is 6. The highest BCUT2D eigenvalue weighted by Crippen LogP contribution is 2.33. The van der Waals surface area contributed by atoms with Gasteiger partial charge in [0.1, 0.15) is 19.0 Å². The molecule has 2 aromatic carbocycles. The molecule has 0 saturated heterocycles. The number of aromatic nitrogens is 1. The summed E-state index contributed by atoms with van der Waals surface area (Å²) in [5, 5.41) is 0.172. The third-order valence-electron chi connectivity index (χ3n) is 3.40. The molecule has 0 saturated carbocycles. The van der Waals surface area contributed by atoms with Crippen LogP contribution in [0.4, 0.5) is 9.52 Å². The Morgan fingerprint density at radius 3 is 2.71 bits per heavy atom. The van der Waals surface area contributed by atoms with Gasteiger partial charge < -0.3 is 9.47 Å². The number of hydrogen-bond donors (Lipinski definition) is 1. The average molecular weight is 366 g/mol. The summed E-state index contributed by atoms with van der Waals surface area (Å²) in [6, 6.07) is 8.49. The molecular formula is C15H11FN2O4S2. The predicted octanol–water partition coefficient (Wildman–Crippen LogP) is 3.01. The first-order valence-corrected chi connectivity index (χ1v) is 9.30. The first-order chi connectivity index (χ1) is 11.5. The molecule has 0 unspecified atom stereocenters. The first-order valence-electron chi connectivity index (χ1n) is 7.00. The van der Waals surface area contributed by atoms with E-state index in [4.69, 9.17) is 9.47 Å². The molecular weight excluding hydrogens is 355 g/mol. The summed E-state index contributed by atoms with van der Waals surface area (Å²) < 4.78 is 52.0. The highest BCUT2D eigenvalue weighted by molar-refractivity contribution is 7.93. The quantitative estimate of drug-likeness (QED) is 0.771. The van der Waals surface area contributed by atoms with E-state index < -0.39 is 15.8 Å². The summed E-state index contributed by atoms with van der Waals surface area (Å²) in [7, 11) is -3.84. The zero-order valence-electron chi connectivity index (χ0n) is 12.2. The van der Waals surface area contributed by atoms with Gasteiger partial charge in [-0.25, -0.2) is 17.8 Å². The number of ether oxygens (including phenoxy) is 2. The minimum Gasteiger partial charge on any atom is -0.486 e. The molecule has 0 aliphatic carbocycles. The second-order valence-corrected chi connectivity index (χ2v) is 7.76. The first kappa shape index (κ1) is 15.2. The molecule has 1 N–H and O–H groups in total. The van der Waals surface area contributed by atoms with Crippen molar-refractivity contribution in [3.05, 3.63) is 42.2 Å². The molecule has 9 heteroatoms. The molecule has 4 rings (SSSR count). The van der Waals surface area contributed by atoms with Crippen molar-refractivity contribution in [1.29, 1.82) is 0 Å². The summed E-state index contributed by atoms with van der Waals surface area (Å²) in [6.45, 7) is 0.799. The third kappa shape index (κ3) is 2.76. The van der Waals surface area contributed by atoms with Crippen molar-refractivity contribution in [2.75, 3.05) is 17.9 Å². The van der Waals surface area contributed by atoms with Gasteiger partial charge >= 0.3 is 0 Å². The van der Waals surface area contributed by atoms with Crippen LogP contribution in [-0.4, -0.2) is 26.6 Å². The number of nitrogens with one attached hydrogen (secondary N) is 1. The Balaban J connectivity index is 1.66.